The van der Waals surface area contributed by atoms with Crippen LogP contribution in [-0.2, 0) is 14.3 Å². The summed E-state index contributed by atoms with van der Waals surface area (Å²) in [4.78, 5) is 23.6. The molecule has 1 saturated heterocycles. The summed E-state index contributed by atoms with van der Waals surface area (Å²) >= 11 is 1.61. The molecule has 1 fully saturated rings. The number of hydrogen-bond donors (Lipinski definition) is 0. The first kappa shape index (κ1) is 16.9. The van der Waals surface area contributed by atoms with Crippen molar-refractivity contribution in [3.05, 3.63) is 41.1 Å². The molecular weight excluding hydrogens is 350 g/mol. The average molecular weight is 369 g/mol. The molecule has 3 heterocycles. The van der Waals surface area contributed by atoms with Crippen LogP contribution in [-0.4, -0.2) is 48.3 Å². The Balaban J connectivity index is 1.80. The van der Waals surface area contributed by atoms with Gasteiger partial charge in [-0.2, -0.15) is 11.3 Å². The predicted molar refractivity (Wildman–Crippen MR) is 101 cm³/mol. The lowest BCUT2D eigenvalue weighted by atomic mass is 10.1. The van der Waals surface area contributed by atoms with Gasteiger partial charge in [-0.05, 0) is 30.5 Å². The zero-order valence-corrected chi connectivity index (χ0v) is 15.4. The van der Waals surface area contributed by atoms with Crippen molar-refractivity contribution < 1.29 is 14.3 Å². The van der Waals surface area contributed by atoms with Crippen molar-refractivity contribution in [1.82, 2.24) is 9.97 Å². The van der Waals surface area contributed by atoms with Gasteiger partial charge in [0.2, 0.25) is 0 Å². The molecule has 1 aliphatic rings. The highest BCUT2D eigenvalue weighted by atomic mass is 32.1. The molecule has 0 saturated carbocycles. The Hall–Kier alpha value is -2.51. The fourth-order valence-corrected chi connectivity index (χ4v) is 3.84. The number of aromatic nitrogens is 2. The summed E-state index contributed by atoms with van der Waals surface area (Å²) in [6.07, 6.45) is -0.728. The van der Waals surface area contributed by atoms with Gasteiger partial charge in [-0.3, -0.25) is 0 Å². The lowest BCUT2D eigenvalue weighted by molar-refractivity contribution is -0.158. The highest BCUT2D eigenvalue weighted by Crippen LogP contribution is 2.30. The number of carbonyl (C=O) groups excluding carboxylic acids is 1. The smallest absolute Gasteiger partial charge is 0.336 e. The zero-order valence-electron chi connectivity index (χ0n) is 14.6. The van der Waals surface area contributed by atoms with Gasteiger partial charge in [0.15, 0.2) is 11.9 Å². The molecule has 3 aromatic rings. The van der Waals surface area contributed by atoms with E-state index in [1.807, 2.05) is 48.0 Å². The van der Waals surface area contributed by atoms with Crippen molar-refractivity contribution in [2.75, 3.05) is 25.1 Å². The van der Waals surface area contributed by atoms with Crippen molar-refractivity contribution in [3.8, 4) is 11.4 Å². The van der Waals surface area contributed by atoms with E-state index in [1.165, 1.54) is 7.11 Å². The van der Waals surface area contributed by atoms with Gasteiger partial charge in [0.1, 0.15) is 5.82 Å². The number of anilines is 1. The van der Waals surface area contributed by atoms with E-state index in [2.05, 4.69) is 4.90 Å². The first-order valence-electron chi connectivity index (χ1n) is 8.43. The van der Waals surface area contributed by atoms with Gasteiger partial charge in [0, 0.05) is 22.9 Å². The van der Waals surface area contributed by atoms with E-state index in [-0.39, 0.29) is 12.1 Å². The van der Waals surface area contributed by atoms with Crippen LogP contribution in [0.15, 0.2) is 41.1 Å². The number of hydrogen-bond acceptors (Lipinski definition) is 7. The Bertz CT molecular complexity index is 929. The van der Waals surface area contributed by atoms with Gasteiger partial charge in [-0.15, -0.1) is 0 Å². The molecule has 1 unspecified atom stereocenters. The minimum Gasteiger partial charge on any atom is -0.467 e. The van der Waals surface area contributed by atoms with E-state index >= 15 is 0 Å². The fourth-order valence-electron chi connectivity index (χ4n) is 3.21. The summed E-state index contributed by atoms with van der Waals surface area (Å²) in [5.41, 5.74) is 1.88. The van der Waals surface area contributed by atoms with Crippen LogP contribution < -0.4 is 4.90 Å². The molecule has 134 valence electrons. The SMILES string of the molecule is COC(=O)C1CN(c2nc(-c3ccsc3)nc3ccccc23)C[C@@H](C)O1. The maximum atomic E-state index is 12.0. The highest BCUT2D eigenvalue weighted by Gasteiger charge is 2.32. The van der Waals surface area contributed by atoms with Crippen LogP contribution >= 0.6 is 11.3 Å². The third-order valence-corrected chi connectivity index (χ3v) is 5.07. The molecule has 2 aromatic heterocycles. The minimum absolute atomic E-state index is 0.105. The van der Waals surface area contributed by atoms with E-state index in [9.17, 15) is 4.79 Å². The van der Waals surface area contributed by atoms with Gasteiger partial charge in [-0.1, -0.05) is 12.1 Å². The monoisotopic (exact) mass is 369 g/mol. The number of esters is 1. The third kappa shape index (κ3) is 3.15. The third-order valence-electron chi connectivity index (χ3n) is 4.39. The second-order valence-electron chi connectivity index (χ2n) is 6.26. The maximum Gasteiger partial charge on any atom is 0.336 e. The summed E-state index contributed by atoms with van der Waals surface area (Å²) in [5, 5.41) is 5.01. The number of para-hydroxylation sites is 1. The van der Waals surface area contributed by atoms with Crippen LogP contribution in [0.5, 0.6) is 0 Å². The molecule has 1 aromatic carbocycles. The molecule has 6 nitrogen and oxygen atoms in total. The molecule has 7 heteroatoms. The van der Waals surface area contributed by atoms with Gasteiger partial charge in [0.05, 0.1) is 25.3 Å². The van der Waals surface area contributed by atoms with Crippen LogP contribution in [0.1, 0.15) is 6.92 Å². The van der Waals surface area contributed by atoms with Gasteiger partial charge < -0.3 is 14.4 Å². The topological polar surface area (TPSA) is 64.5 Å². The first-order valence-corrected chi connectivity index (χ1v) is 9.37. The highest BCUT2D eigenvalue weighted by molar-refractivity contribution is 7.08. The maximum absolute atomic E-state index is 12.0. The van der Waals surface area contributed by atoms with E-state index in [0.29, 0.717) is 18.9 Å². The number of benzene rings is 1. The Morgan fingerprint density at radius 2 is 2.12 bits per heavy atom. The largest absolute Gasteiger partial charge is 0.467 e. The van der Waals surface area contributed by atoms with Crippen molar-refractivity contribution in [3.63, 3.8) is 0 Å². The Labute approximate surface area is 155 Å². The lowest BCUT2D eigenvalue weighted by Gasteiger charge is -2.36. The van der Waals surface area contributed by atoms with Crippen molar-refractivity contribution in [1.29, 1.82) is 0 Å². The number of morpholine rings is 1. The molecule has 0 radical (unpaired) electrons. The Morgan fingerprint density at radius 3 is 2.88 bits per heavy atom. The van der Waals surface area contributed by atoms with Crippen molar-refractivity contribution in [2.45, 2.75) is 19.1 Å². The second kappa shape index (κ2) is 7.01. The number of thiophene rings is 1. The van der Waals surface area contributed by atoms with Gasteiger partial charge in [0.25, 0.3) is 0 Å². The lowest BCUT2D eigenvalue weighted by Crippen LogP contribution is -2.50. The van der Waals surface area contributed by atoms with Crippen LogP contribution in [0.2, 0.25) is 0 Å². The van der Waals surface area contributed by atoms with Crippen LogP contribution in [0.3, 0.4) is 0 Å². The first-order chi connectivity index (χ1) is 12.7. The Kier molecular flexibility index (Phi) is 4.57. The molecule has 0 bridgehead atoms. The minimum atomic E-state index is -0.623. The quantitative estimate of drug-likeness (QED) is 0.661. The zero-order chi connectivity index (χ0) is 18.1. The summed E-state index contributed by atoms with van der Waals surface area (Å²) in [6, 6.07) is 9.95. The molecule has 2 atom stereocenters. The molecule has 1 aliphatic heterocycles. The van der Waals surface area contributed by atoms with Crippen LogP contribution in [0, 0.1) is 0 Å². The molecule has 0 spiro atoms. The molecule has 0 aliphatic carbocycles. The summed E-state index contributed by atoms with van der Waals surface area (Å²) in [5.74, 6) is 1.15. The molecule has 0 amide bonds. The van der Waals surface area contributed by atoms with E-state index in [4.69, 9.17) is 19.4 Å². The predicted octanol–water partition coefficient (Wildman–Crippen LogP) is 3.13. The van der Waals surface area contributed by atoms with E-state index in [0.717, 1.165) is 22.3 Å². The molecule has 26 heavy (non-hydrogen) atoms. The van der Waals surface area contributed by atoms with Crippen molar-refractivity contribution in [2.24, 2.45) is 0 Å². The fraction of sp³-hybridized carbons (Fsp3) is 0.316. The molecule has 0 N–H and O–H groups in total. The van der Waals surface area contributed by atoms with Gasteiger partial charge >= 0.3 is 5.97 Å². The molecule has 4 rings (SSSR count). The summed E-state index contributed by atoms with van der Waals surface area (Å²) in [7, 11) is 1.38. The van der Waals surface area contributed by atoms with E-state index < -0.39 is 6.10 Å². The van der Waals surface area contributed by atoms with Crippen LogP contribution in [0.4, 0.5) is 5.82 Å². The summed E-state index contributed by atoms with van der Waals surface area (Å²) in [6.45, 7) is 3.00. The number of rotatable bonds is 3. The van der Waals surface area contributed by atoms with Crippen LogP contribution in [0.25, 0.3) is 22.3 Å². The number of fused-ring (bicyclic) bond motifs is 1. The second-order valence-corrected chi connectivity index (χ2v) is 7.04. The Morgan fingerprint density at radius 1 is 1.27 bits per heavy atom. The summed E-state index contributed by atoms with van der Waals surface area (Å²) < 4.78 is 10.6. The van der Waals surface area contributed by atoms with E-state index in [1.54, 1.807) is 11.3 Å². The van der Waals surface area contributed by atoms with Crippen molar-refractivity contribution >= 4 is 34.0 Å². The number of carbonyl (C=O) groups is 1. The number of methoxy groups -OCH3 is 1. The molecular formula is C19H19N3O3S. The number of ether oxygens (including phenoxy) is 2. The van der Waals surface area contributed by atoms with Gasteiger partial charge in [-0.25, -0.2) is 14.8 Å². The number of nitrogens with zero attached hydrogens (tertiary/aromatic N) is 3. The normalized spacial score (nSPS) is 20.3. The standard InChI is InChI=1S/C19H19N3O3S/c1-12-9-22(10-16(25-12)19(23)24-2)18-14-5-3-4-6-15(14)20-17(21-18)13-7-8-26-11-13/h3-8,11-12,16H,9-10H2,1-2H3/t12-,16?/m1/s1. The average Bonchev–Trinajstić information content (AvgIpc) is 3.20.